The fourth-order valence-corrected chi connectivity index (χ4v) is 4.17. The quantitative estimate of drug-likeness (QED) is 0.730. The first-order chi connectivity index (χ1) is 11.8. The maximum Gasteiger partial charge on any atom is 0.267 e. The third-order valence-corrected chi connectivity index (χ3v) is 5.45. The van der Waals surface area contributed by atoms with Gasteiger partial charge in [0, 0.05) is 11.6 Å². The second-order valence-corrected chi connectivity index (χ2v) is 7.00. The zero-order valence-corrected chi connectivity index (χ0v) is 14.1. The summed E-state index contributed by atoms with van der Waals surface area (Å²) in [6, 6.07) is 14.3. The van der Waals surface area contributed by atoms with Crippen LogP contribution >= 0.6 is 11.3 Å². The summed E-state index contributed by atoms with van der Waals surface area (Å²) in [6.45, 7) is 0. The molecule has 1 aliphatic rings. The van der Waals surface area contributed by atoms with Crippen molar-refractivity contribution in [2.45, 2.75) is 31.7 Å². The SMILES string of the molecule is O=C(Nc1ccnn1C1CCCC1)c1sccc1-c1ccccc1. The molecule has 0 aliphatic heterocycles. The molecule has 1 amide bonds. The number of carbonyl (C=O) groups is 1. The van der Waals surface area contributed by atoms with E-state index in [9.17, 15) is 4.79 Å². The third kappa shape index (κ3) is 2.87. The molecule has 2 heterocycles. The molecule has 24 heavy (non-hydrogen) atoms. The highest BCUT2D eigenvalue weighted by Crippen LogP contribution is 2.32. The van der Waals surface area contributed by atoms with Gasteiger partial charge in [-0.25, -0.2) is 4.68 Å². The van der Waals surface area contributed by atoms with Crippen LogP contribution in [0.2, 0.25) is 0 Å². The van der Waals surface area contributed by atoms with Crippen molar-refractivity contribution in [3.8, 4) is 11.1 Å². The van der Waals surface area contributed by atoms with E-state index in [4.69, 9.17) is 0 Å². The molecule has 1 aromatic carbocycles. The highest BCUT2D eigenvalue weighted by atomic mass is 32.1. The fourth-order valence-electron chi connectivity index (χ4n) is 3.36. The molecule has 1 aliphatic carbocycles. The summed E-state index contributed by atoms with van der Waals surface area (Å²) in [7, 11) is 0. The molecular weight excluding hydrogens is 318 g/mol. The fraction of sp³-hybridized carbons (Fsp3) is 0.263. The molecule has 0 atom stereocenters. The monoisotopic (exact) mass is 337 g/mol. The van der Waals surface area contributed by atoms with Crippen LogP contribution in [0.25, 0.3) is 11.1 Å². The largest absolute Gasteiger partial charge is 0.306 e. The van der Waals surface area contributed by atoms with E-state index in [0.717, 1.165) is 34.7 Å². The van der Waals surface area contributed by atoms with E-state index in [2.05, 4.69) is 10.4 Å². The Hall–Kier alpha value is -2.40. The number of anilines is 1. The number of hydrogen-bond acceptors (Lipinski definition) is 3. The Kier molecular flexibility index (Phi) is 4.17. The summed E-state index contributed by atoms with van der Waals surface area (Å²) >= 11 is 1.47. The van der Waals surface area contributed by atoms with Crippen molar-refractivity contribution in [2.24, 2.45) is 0 Å². The number of aromatic nitrogens is 2. The molecule has 5 heteroatoms. The minimum atomic E-state index is -0.0661. The Morgan fingerprint density at radius 2 is 1.92 bits per heavy atom. The first kappa shape index (κ1) is 15.1. The standard InChI is InChI=1S/C19H19N3OS/c23-19(18-16(11-13-24-18)14-6-2-1-3-7-14)21-17-10-12-20-22(17)15-8-4-5-9-15/h1-3,6-7,10-13,15H,4-5,8-9H2,(H,21,23). The van der Waals surface area contributed by atoms with E-state index in [-0.39, 0.29) is 5.91 Å². The van der Waals surface area contributed by atoms with Crippen molar-refractivity contribution in [2.75, 3.05) is 5.32 Å². The van der Waals surface area contributed by atoms with Crippen LogP contribution in [0.3, 0.4) is 0 Å². The summed E-state index contributed by atoms with van der Waals surface area (Å²) < 4.78 is 1.97. The van der Waals surface area contributed by atoms with E-state index in [1.807, 2.05) is 52.5 Å². The van der Waals surface area contributed by atoms with E-state index in [1.165, 1.54) is 24.2 Å². The van der Waals surface area contributed by atoms with Crippen LogP contribution < -0.4 is 5.32 Å². The summed E-state index contributed by atoms with van der Waals surface area (Å²) in [5.74, 6) is 0.725. The van der Waals surface area contributed by atoms with Gasteiger partial charge in [0.2, 0.25) is 0 Å². The van der Waals surface area contributed by atoms with Gasteiger partial charge < -0.3 is 5.32 Å². The van der Waals surface area contributed by atoms with Crippen LogP contribution in [-0.2, 0) is 0 Å². The molecule has 1 saturated carbocycles. The Labute approximate surface area is 145 Å². The Bertz CT molecular complexity index is 831. The molecule has 4 rings (SSSR count). The smallest absolute Gasteiger partial charge is 0.267 e. The molecule has 4 nitrogen and oxygen atoms in total. The van der Waals surface area contributed by atoms with Crippen LogP contribution in [0.15, 0.2) is 54.0 Å². The molecule has 0 radical (unpaired) electrons. The maximum atomic E-state index is 12.8. The second kappa shape index (κ2) is 6.61. The van der Waals surface area contributed by atoms with Crippen molar-refractivity contribution in [3.63, 3.8) is 0 Å². The van der Waals surface area contributed by atoms with Crippen molar-refractivity contribution in [3.05, 3.63) is 58.9 Å². The van der Waals surface area contributed by atoms with Crippen molar-refractivity contribution < 1.29 is 4.79 Å². The summed E-state index contributed by atoms with van der Waals surface area (Å²) in [6.07, 6.45) is 6.51. The number of thiophene rings is 1. The lowest BCUT2D eigenvalue weighted by molar-refractivity contribution is 0.103. The molecule has 2 aromatic heterocycles. The van der Waals surface area contributed by atoms with Gasteiger partial charge in [0.25, 0.3) is 5.91 Å². The zero-order valence-electron chi connectivity index (χ0n) is 13.3. The Morgan fingerprint density at radius 1 is 1.12 bits per heavy atom. The number of carbonyl (C=O) groups excluding carboxylic acids is 1. The van der Waals surface area contributed by atoms with Gasteiger partial charge in [0.15, 0.2) is 0 Å². The number of rotatable bonds is 4. The topological polar surface area (TPSA) is 46.9 Å². The average molecular weight is 337 g/mol. The molecule has 1 fully saturated rings. The van der Waals surface area contributed by atoms with E-state index in [1.54, 1.807) is 6.20 Å². The van der Waals surface area contributed by atoms with Gasteiger partial charge in [0.1, 0.15) is 10.7 Å². The van der Waals surface area contributed by atoms with Crippen molar-refractivity contribution in [1.29, 1.82) is 0 Å². The molecule has 1 N–H and O–H groups in total. The number of nitrogens with zero attached hydrogens (tertiary/aromatic N) is 2. The summed E-state index contributed by atoms with van der Waals surface area (Å²) in [5.41, 5.74) is 2.04. The molecule has 122 valence electrons. The normalized spacial score (nSPS) is 14.8. The van der Waals surface area contributed by atoms with Gasteiger partial charge in [-0.2, -0.15) is 5.10 Å². The molecule has 0 unspecified atom stereocenters. The molecule has 0 bridgehead atoms. The third-order valence-electron chi connectivity index (χ3n) is 4.54. The summed E-state index contributed by atoms with van der Waals surface area (Å²) in [4.78, 5) is 13.5. The zero-order chi connectivity index (χ0) is 16.4. The van der Waals surface area contributed by atoms with Gasteiger partial charge >= 0.3 is 0 Å². The predicted octanol–water partition coefficient (Wildman–Crippen LogP) is 4.98. The highest BCUT2D eigenvalue weighted by Gasteiger charge is 2.22. The Balaban J connectivity index is 1.58. The Morgan fingerprint density at radius 3 is 2.71 bits per heavy atom. The van der Waals surface area contributed by atoms with Crippen LogP contribution in [0.5, 0.6) is 0 Å². The molecular formula is C19H19N3OS. The van der Waals surface area contributed by atoms with E-state index < -0.39 is 0 Å². The van der Waals surface area contributed by atoms with Gasteiger partial charge in [0.05, 0.1) is 12.2 Å². The minimum absolute atomic E-state index is 0.0661. The van der Waals surface area contributed by atoms with Gasteiger partial charge in [-0.05, 0) is 29.9 Å². The van der Waals surface area contributed by atoms with E-state index >= 15 is 0 Å². The lowest BCUT2D eigenvalue weighted by Crippen LogP contribution is -2.17. The number of hydrogen-bond donors (Lipinski definition) is 1. The van der Waals surface area contributed by atoms with E-state index in [0.29, 0.717) is 6.04 Å². The average Bonchev–Trinajstić information content (AvgIpc) is 3.36. The maximum absolute atomic E-state index is 12.8. The first-order valence-electron chi connectivity index (χ1n) is 8.31. The second-order valence-electron chi connectivity index (χ2n) is 6.08. The first-order valence-corrected chi connectivity index (χ1v) is 9.18. The highest BCUT2D eigenvalue weighted by molar-refractivity contribution is 7.12. The van der Waals surface area contributed by atoms with Gasteiger partial charge in [-0.3, -0.25) is 4.79 Å². The molecule has 0 spiro atoms. The number of amides is 1. The van der Waals surface area contributed by atoms with Crippen molar-refractivity contribution >= 4 is 23.1 Å². The van der Waals surface area contributed by atoms with Crippen LogP contribution in [0.1, 0.15) is 41.4 Å². The minimum Gasteiger partial charge on any atom is -0.306 e. The van der Waals surface area contributed by atoms with Crippen LogP contribution in [-0.4, -0.2) is 15.7 Å². The summed E-state index contributed by atoms with van der Waals surface area (Å²) in [5, 5.41) is 9.43. The van der Waals surface area contributed by atoms with Crippen LogP contribution in [0, 0.1) is 0 Å². The number of nitrogens with one attached hydrogen (secondary N) is 1. The molecule has 3 aromatic rings. The molecule has 0 saturated heterocycles. The van der Waals surface area contributed by atoms with Crippen LogP contribution in [0.4, 0.5) is 5.82 Å². The van der Waals surface area contributed by atoms with Gasteiger partial charge in [-0.1, -0.05) is 43.2 Å². The predicted molar refractivity (Wildman–Crippen MR) is 97.4 cm³/mol. The lowest BCUT2D eigenvalue weighted by atomic mass is 10.1. The lowest BCUT2D eigenvalue weighted by Gasteiger charge is -2.14. The van der Waals surface area contributed by atoms with Crippen molar-refractivity contribution in [1.82, 2.24) is 9.78 Å². The van der Waals surface area contributed by atoms with Gasteiger partial charge in [-0.15, -0.1) is 11.3 Å². The number of benzene rings is 1.